The lowest BCUT2D eigenvalue weighted by molar-refractivity contribution is 0.313. The third-order valence-electron chi connectivity index (χ3n) is 1.76. The van der Waals surface area contributed by atoms with Crippen LogP contribution in [0, 0.1) is 6.92 Å². The third kappa shape index (κ3) is 3.42. The van der Waals surface area contributed by atoms with Crippen LogP contribution in [0.5, 0.6) is 5.75 Å². The lowest BCUT2D eigenvalue weighted by Crippen LogP contribution is -2.20. The molecular weight excluding hydrogens is 164 g/mol. The van der Waals surface area contributed by atoms with Crippen molar-refractivity contribution in [3.63, 3.8) is 0 Å². The van der Waals surface area contributed by atoms with E-state index < -0.39 is 0 Å². The molecule has 0 aliphatic rings. The van der Waals surface area contributed by atoms with E-state index in [2.05, 4.69) is 17.2 Å². The molecule has 0 atom stereocenters. The predicted octanol–water partition coefficient (Wildman–Crippen LogP) is 1.38. The first-order valence-corrected chi connectivity index (χ1v) is 4.58. The Balaban J connectivity index is 2.32. The molecule has 0 amide bonds. The van der Waals surface area contributed by atoms with Crippen LogP contribution >= 0.6 is 0 Å². The number of rotatable bonds is 5. The smallest absolute Gasteiger partial charge is 0.125 e. The standard InChI is InChI=1S/C10H16N2O/c1-3-11-6-7-13-10-4-5-12-8-9(10)2/h4-5,8,11H,3,6-7H2,1-2H3. The minimum atomic E-state index is 0.707. The number of likely N-dealkylation sites (N-methyl/N-ethyl adjacent to an activating group) is 1. The van der Waals surface area contributed by atoms with Gasteiger partial charge in [-0.1, -0.05) is 6.92 Å². The van der Waals surface area contributed by atoms with Gasteiger partial charge in [0.15, 0.2) is 0 Å². The van der Waals surface area contributed by atoms with E-state index in [-0.39, 0.29) is 0 Å². The quantitative estimate of drug-likeness (QED) is 0.695. The summed E-state index contributed by atoms with van der Waals surface area (Å²) in [7, 11) is 0. The van der Waals surface area contributed by atoms with Gasteiger partial charge in [0, 0.05) is 24.5 Å². The Bertz CT molecular complexity index is 250. The van der Waals surface area contributed by atoms with Gasteiger partial charge in [-0.3, -0.25) is 4.98 Å². The van der Waals surface area contributed by atoms with E-state index in [1.807, 2.05) is 19.2 Å². The zero-order chi connectivity index (χ0) is 9.52. The first-order chi connectivity index (χ1) is 6.34. The largest absolute Gasteiger partial charge is 0.492 e. The molecule has 1 rings (SSSR count). The fourth-order valence-electron chi connectivity index (χ4n) is 1.03. The van der Waals surface area contributed by atoms with E-state index in [0.29, 0.717) is 6.61 Å². The van der Waals surface area contributed by atoms with Gasteiger partial charge in [0.2, 0.25) is 0 Å². The molecule has 72 valence electrons. The Morgan fingerprint density at radius 3 is 3.08 bits per heavy atom. The SMILES string of the molecule is CCNCCOc1ccncc1C. The number of nitrogens with zero attached hydrogens (tertiary/aromatic N) is 1. The zero-order valence-electron chi connectivity index (χ0n) is 8.21. The lowest BCUT2D eigenvalue weighted by atomic mass is 10.3. The number of hydrogen-bond acceptors (Lipinski definition) is 3. The molecule has 0 spiro atoms. The summed E-state index contributed by atoms with van der Waals surface area (Å²) in [5.74, 6) is 0.924. The van der Waals surface area contributed by atoms with E-state index in [0.717, 1.165) is 24.4 Å². The number of ether oxygens (including phenoxy) is 1. The Labute approximate surface area is 79.1 Å². The molecule has 1 aromatic rings. The van der Waals surface area contributed by atoms with Gasteiger partial charge in [-0.25, -0.2) is 0 Å². The lowest BCUT2D eigenvalue weighted by Gasteiger charge is -2.07. The van der Waals surface area contributed by atoms with E-state index >= 15 is 0 Å². The van der Waals surface area contributed by atoms with Crippen molar-refractivity contribution >= 4 is 0 Å². The number of nitrogens with one attached hydrogen (secondary N) is 1. The monoisotopic (exact) mass is 180 g/mol. The van der Waals surface area contributed by atoms with Crippen LogP contribution in [0.1, 0.15) is 12.5 Å². The van der Waals surface area contributed by atoms with Crippen LogP contribution in [0.25, 0.3) is 0 Å². The first kappa shape index (κ1) is 9.99. The van der Waals surface area contributed by atoms with Gasteiger partial charge in [-0.2, -0.15) is 0 Å². The van der Waals surface area contributed by atoms with E-state index in [4.69, 9.17) is 4.74 Å². The molecule has 0 aliphatic heterocycles. The summed E-state index contributed by atoms with van der Waals surface area (Å²) in [5.41, 5.74) is 1.08. The van der Waals surface area contributed by atoms with Crippen LogP contribution in [0.4, 0.5) is 0 Å². The van der Waals surface area contributed by atoms with Crippen molar-refractivity contribution < 1.29 is 4.74 Å². The summed E-state index contributed by atoms with van der Waals surface area (Å²) in [6, 6.07) is 1.89. The van der Waals surface area contributed by atoms with Crippen molar-refractivity contribution in [2.24, 2.45) is 0 Å². The minimum Gasteiger partial charge on any atom is -0.492 e. The molecule has 0 saturated carbocycles. The van der Waals surface area contributed by atoms with Crippen molar-refractivity contribution in [3.05, 3.63) is 24.0 Å². The summed E-state index contributed by atoms with van der Waals surface area (Å²) >= 11 is 0. The predicted molar refractivity (Wildman–Crippen MR) is 53.0 cm³/mol. The number of pyridine rings is 1. The second-order valence-electron chi connectivity index (χ2n) is 2.84. The fraction of sp³-hybridized carbons (Fsp3) is 0.500. The Kier molecular flexibility index (Phi) is 4.26. The van der Waals surface area contributed by atoms with E-state index in [9.17, 15) is 0 Å². The highest BCUT2D eigenvalue weighted by Gasteiger charge is 1.96. The second-order valence-corrected chi connectivity index (χ2v) is 2.84. The van der Waals surface area contributed by atoms with Gasteiger partial charge in [-0.05, 0) is 19.5 Å². The van der Waals surface area contributed by atoms with Gasteiger partial charge in [0.25, 0.3) is 0 Å². The molecule has 0 aromatic carbocycles. The van der Waals surface area contributed by atoms with Gasteiger partial charge in [0.05, 0.1) is 0 Å². The second kappa shape index (κ2) is 5.54. The number of aromatic nitrogens is 1. The summed E-state index contributed by atoms with van der Waals surface area (Å²) in [4.78, 5) is 3.99. The van der Waals surface area contributed by atoms with Crippen LogP contribution in [0.2, 0.25) is 0 Å². The van der Waals surface area contributed by atoms with E-state index in [1.165, 1.54) is 0 Å². The Morgan fingerprint density at radius 1 is 1.54 bits per heavy atom. The van der Waals surface area contributed by atoms with Crippen molar-refractivity contribution in [2.45, 2.75) is 13.8 Å². The maximum Gasteiger partial charge on any atom is 0.125 e. The molecule has 3 nitrogen and oxygen atoms in total. The highest BCUT2D eigenvalue weighted by Crippen LogP contribution is 2.13. The summed E-state index contributed by atoms with van der Waals surface area (Å²) in [5, 5.41) is 3.20. The highest BCUT2D eigenvalue weighted by molar-refractivity contribution is 5.28. The van der Waals surface area contributed by atoms with Crippen LogP contribution < -0.4 is 10.1 Å². The van der Waals surface area contributed by atoms with Crippen LogP contribution in [-0.4, -0.2) is 24.7 Å². The minimum absolute atomic E-state index is 0.707. The van der Waals surface area contributed by atoms with Crippen molar-refractivity contribution in [2.75, 3.05) is 19.7 Å². The third-order valence-corrected chi connectivity index (χ3v) is 1.76. The van der Waals surface area contributed by atoms with Crippen molar-refractivity contribution in [1.29, 1.82) is 0 Å². The molecule has 3 heteroatoms. The molecule has 1 aromatic heterocycles. The van der Waals surface area contributed by atoms with E-state index in [1.54, 1.807) is 6.20 Å². The van der Waals surface area contributed by atoms with Crippen LogP contribution in [0.3, 0.4) is 0 Å². The van der Waals surface area contributed by atoms with Gasteiger partial charge < -0.3 is 10.1 Å². The summed E-state index contributed by atoms with van der Waals surface area (Å²) in [6.07, 6.45) is 3.55. The van der Waals surface area contributed by atoms with Crippen molar-refractivity contribution in [3.8, 4) is 5.75 Å². The fourth-order valence-corrected chi connectivity index (χ4v) is 1.03. The maximum atomic E-state index is 5.54. The normalized spacial score (nSPS) is 10.0. The average molecular weight is 180 g/mol. The number of hydrogen-bond donors (Lipinski definition) is 1. The molecule has 1 heterocycles. The first-order valence-electron chi connectivity index (χ1n) is 4.58. The average Bonchev–Trinajstić information content (AvgIpc) is 2.15. The molecule has 1 N–H and O–H groups in total. The Morgan fingerprint density at radius 2 is 2.38 bits per heavy atom. The molecule has 0 saturated heterocycles. The topological polar surface area (TPSA) is 34.1 Å². The molecule has 0 bridgehead atoms. The molecule has 0 unspecified atom stereocenters. The van der Waals surface area contributed by atoms with Gasteiger partial charge >= 0.3 is 0 Å². The van der Waals surface area contributed by atoms with Crippen LogP contribution in [0.15, 0.2) is 18.5 Å². The molecular formula is C10H16N2O. The van der Waals surface area contributed by atoms with Gasteiger partial charge in [0.1, 0.15) is 12.4 Å². The highest BCUT2D eigenvalue weighted by atomic mass is 16.5. The summed E-state index contributed by atoms with van der Waals surface area (Å²) < 4.78 is 5.54. The Hall–Kier alpha value is -1.09. The molecule has 0 fully saturated rings. The maximum absolute atomic E-state index is 5.54. The van der Waals surface area contributed by atoms with Gasteiger partial charge in [-0.15, -0.1) is 0 Å². The molecule has 0 radical (unpaired) electrons. The summed E-state index contributed by atoms with van der Waals surface area (Å²) in [6.45, 7) is 6.66. The number of aryl methyl sites for hydroxylation is 1. The zero-order valence-corrected chi connectivity index (χ0v) is 8.21. The van der Waals surface area contributed by atoms with Crippen LogP contribution in [-0.2, 0) is 0 Å². The molecule has 13 heavy (non-hydrogen) atoms. The van der Waals surface area contributed by atoms with Crippen molar-refractivity contribution in [1.82, 2.24) is 10.3 Å². The molecule has 0 aliphatic carbocycles.